The summed E-state index contributed by atoms with van der Waals surface area (Å²) in [7, 11) is 0. The third-order valence-electron chi connectivity index (χ3n) is 5.15. The Morgan fingerprint density at radius 2 is 1.87 bits per heavy atom. The van der Waals surface area contributed by atoms with E-state index >= 15 is 0 Å². The highest BCUT2D eigenvalue weighted by Gasteiger charge is 2.28. The molecule has 7 heteroatoms. The molecule has 1 amide bonds. The van der Waals surface area contributed by atoms with E-state index in [0.717, 1.165) is 5.56 Å². The summed E-state index contributed by atoms with van der Waals surface area (Å²) in [5.41, 5.74) is 1.02. The third-order valence-corrected chi connectivity index (χ3v) is 5.15. The van der Waals surface area contributed by atoms with Gasteiger partial charge in [-0.1, -0.05) is 42.5 Å². The van der Waals surface area contributed by atoms with Gasteiger partial charge in [0.1, 0.15) is 12.1 Å². The van der Waals surface area contributed by atoms with E-state index in [-0.39, 0.29) is 23.6 Å². The number of hydrogen-bond acceptors (Lipinski definition) is 5. The summed E-state index contributed by atoms with van der Waals surface area (Å²) in [6.45, 7) is 3.95. The van der Waals surface area contributed by atoms with Gasteiger partial charge in [-0.05, 0) is 24.6 Å². The van der Waals surface area contributed by atoms with Gasteiger partial charge in [-0.2, -0.15) is 0 Å². The number of anilines is 1. The van der Waals surface area contributed by atoms with Crippen LogP contribution in [0.5, 0.6) is 11.6 Å². The van der Waals surface area contributed by atoms with Crippen molar-refractivity contribution in [2.75, 3.05) is 24.5 Å². The van der Waals surface area contributed by atoms with Crippen LogP contribution in [0.2, 0.25) is 0 Å². The zero-order valence-electron chi connectivity index (χ0n) is 16.7. The molecule has 1 saturated heterocycles. The molecule has 0 N–H and O–H groups in total. The summed E-state index contributed by atoms with van der Waals surface area (Å²) in [4.78, 5) is 25.2. The number of halogens is 1. The molecule has 1 aliphatic rings. The minimum Gasteiger partial charge on any atom is -0.436 e. The molecule has 0 bridgehead atoms. The lowest BCUT2D eigenvalue weighted by Crippen LogP contribution is -2.54. The predicted octanol–water partition coefficient (Wildman–Crippen LogP) is 3.69. The first-order valence-corrected chi connectivity index (χ1v) is 9.93. The van der Waals surface area contributed by atoms with E-state index in [9.17, 15) is 9.18 Å². The quantitative estimate of drug-likeness (QED) is 0.647. The number of nitrogens with zero attached hydrogens (tertiary/aromatic N) is 4. The van der Waals surface area contributed by atoms with Gasteiger partial charge in [0, 0.05) is 31.7 Å². The molecule has 1 fully saturated rings. The normalized spacial score (nSPS) is 16.4. The van der Waals surface area contributed by atoms with E-state index in [4.69, 9.17) is 4.74 Å². The van der Waals surface area contributed by atoms with Gasteiger partial charge in [0.25, 0.3) is 0 Å². The summed E-state index contributed by atoms with van der Waals surface area (Å²) in [6.07, 6.45) is 1.81. The van der Waals surface area contributed by atoms with Crippen LogP contribution in [0.1, 0.15) is 12.5 Å². The molecule has 154 valence electrons. The minimum atomic E-state index is -0.447. The SMILES string of the molecule is C[C@H]1CN(c2cc(Oc3ccccc3F)ncn2)CCN1C(=O)Cc1ccccc1. The first kappa shape index (κ1) is 19.8. The van der Waals surface area contributed by atoms with Crippen LogP contribution in [0.3, 0.4) is 0 Å². The van der Waals surface area contributed by atoms with Crippen LogP contribution in [0.15, 0.2) is 67.0 Å². The van der Waals surface area contributed by atoms with Gasteiger partial charge >= 0.3 is 0 Å². The fraction of sp³-hybridized carbons (Fsp3) is 0.261. The number of aromatic nitrogens is 2. The van der Waals surface area contributed by atoms with Crippen LogP contribution in [0.4, 0.5) is 10.2 Å². The van der Waals surface area contributed by atoms with Gasteiger partial charge in [0.05, 0.1) is 6.42 Å². The maximum atomic E-state index is 13.8. The molecule has 1 aromatic heterocycles. The van der Waals surface area contributed by atoms with E-state index in [1.54, 1.807) is 24.3 Å². The molecule has 3 aromatic rings. The van der Waals surface area contributed by atoms with Crippen LogP contribution < -0.4 is 9.64 Å². The number of hydrogen-bond donors (Lipinski definition) is 0. The van der Waals surface area contributed by atoms with Gasteiger partial charge in [0.15, 0.2) is 11.6 Å². The fourth-order valence-corrected chi connectivity index (χ4v) is 3.61. The average Bonchev–Trinajstić information content (AvgIpc) is 2.76. The van der Waals surface area contributed by atoms with Crippen molar-refractivity contribution in [1.82, 2.24) is 14.9 Å². The lowest BCUT2D eigenvalue weighted by molar-refractivity contribution is -0.132. The number of ether oxygens (including phenoxy) is 1. The number of carbonyl (C=O) groups is 1. The molecule has 6 nitrogen and oxygen atoms in total. The van der Waals surface area contributed by atoms with Gasteiger partial charge < -0.3 is 14.5 Å². The van der Waals surface area contributed by atoms with E-state index in [2.05, 4.69) is 14.9 Å². The summed E-state index contributed by atoms with van der Waals surface area (Å²) in [5, 5.41) is 0. The molecule has 4 rings (SSSR count). The van der Waals surface area contributed by atoms with Crippen molar-refractivity contribution in [3.8, 4) is 11.6 Å². The van der Waals surface area contributed by atoms with Crippen molar-refractivity contribution in [1.29, 1.82) is 0 Å². The number of amides is 1. The Kier molecular flexibility index (Phi) is 5.88. The lowest BCUT2D eigenvalue weighted by atomic mass is 10.1. The monoisotopic (exact) mass is 406 g/mol. The van der Waals surface area contributed by atoms with E-state index in [1.165, 1.54) is 12.4 Å². The van der Waals surface area contributed by atoms with Crippen molar-refractivity contribution in [2.45, 2.75) is 19.4 Å². The van der Waals surface area contributed by atoms with Gasteiger partial charge in [-0.25, -0.2) is 14.4 Å². The highest BCUT2D eigenvalue weighted by molar-refractivity contribution is 5.79. The maximum absolute atomic E-state index is 13.8. The smallest absolute Gasteiger partial charge is 0.227 e. The Balaban J connectivity index is 1.41. The maximum Gasteiger partial charge on any atom is 0.227 e. The zero-order valence-corrected chi connectivity index (χ0v) is 16.7. The Morgan fingerprint density at radius 3 is 2.63 bits per heavy atom. The minimum absolute atomic E-state index is 0.0425. The highest BCUT2D eigenvalue weighted by Crippen LogP contribution is 2.25. The second kappa shape index (κ2) is 8.90. The average molecular weight is 406 g/mol. The predicted molar refractivity (Wildman–Crippen MR) is 112 cm³/mol. The molecule has 1 atom stereocenters. The number of carbonyl (C=O) groups excluding carboxylic acids is 1. The van der Waals surface area contributed by atoms with Crippen molar-refractivity contribution in [3.63, 3.8) is 0 Å². The summed E-state index contributed by atoms with van der Waals surface area (Å²) in [6, 6.07) is 17.7. The van der Waals surface area contributed by atoms with Gasteiger partial charge in [0.2, 0.25) is 11.8 Å². The first-order valence-electron chi connectivity index (χ1n) is 9.93. The van der Waals surface area contributed by atoms with Crippen molar-refractivity contribution in [2.24, 2.45) is 0 Å². The van der Waals surface area contributed by atoms with Crippen LogP contribution in [-0.4, -0.2) is 46.5 Å². The van der Waals surface area contributed by atoms with Crippen LogP contribution >= 0.6 is 0 Å². The van der Waals surface area contributed by atoms with Crippen LogP contribution in [-0.2, 0) is 11.2 Å². The molecule has 0 aliphatic carbocycles. The molecule has 1 aliphatic heterocycles. The topological polar surface area (TPSA) is 58.6 Å². The standard InChI is InChI=1S/C23H23FN4O2/c1-17-15-27(11-12-28(17)23(29)13-18-7-3-2-4-8-18)21-14-22(26-16-25-21)30-20-10-6-5-9-19(20)24/h2-10,14,16-17H,11-13,15H2,1H3/t17-/m0/s1. The van der Waals surface area contributed by atoms with Crippen molar-refractivity contribution >= 4 is 11.7 Å². The largest absolute Gasteiger partial charge is 0.436 e. The highest BCUT2D eigenvalue weighted by atomic mass is 19.1. The van der Waals surface area contributed by atoms with Gasteiger partial charge in [-0.15, -0.1) is 0 Å². The Labute approximate surface area is 174 Å². The second-order valence-corrected chi connectivity index (χ2v) is 7.29. The lowest BCUT2D eigenvalue weighted by Gasteiger charge is -2.40. The second-order valence-electron chi connectivity index (χ2n) is 7.29. The number of piperazine rings is 1. The summed E-state index contributed by atoms with van der Waals surface area (Å²) >= 11 is 0. The number of rotatable bonds is 5. The Hall–Kier alpha value is -3.48. The molecule has 0 unspecified atom stereocenters. The molecule has 2 heterocycles. The summed E-state index contributed by atoms with van der Waals surface area (Å²) in [5.74, 6) is 0.766. The fourth-order valence-electron chi connectivity index (χ4n) is 3.61. The van der Waals surface area contributed by atoms with E-state index in [1.807, 2.05) is 42.2 Å². The summed E-state index contributed by atoms with van der Waals surface area (Å²) < 4.78 is 19.4. The Bertz CT molecular complexity index is 1010. The number of benzene rings is 2. The molecule has 2 aromatic carbocycles. The van der Waals surface area contributed by atoms with Crippen LogP contribution in [0.25, 0.3) is 0 Å². The van der Waals surface area contributed by atoms with E-state index in [0.29, 0.717) is 31.9 Å². The Morgan fingerprint density at radius 1 is 1.10 bits per heavy atom. The molecule has 0 saturated carbocycles. The third kappa shape index (κ3) is 4.56. The first-order chi connectivity index (χ1) is 14.6. The van der Waals surface area contributed by atoms with Crippen LogP contribution in [0, 0.1) is 5.82 Å². The van der Waals surface area contributed by atoms with Gasteiger partial charge in [-0.3, -0.25) is 4.79 Å². The molecule has 0 radical (unpaired) electrons. The van der Waals surface area contributed by atoms with Crippen molar-refractivity contribution in [3.05, 3.63) is 78.4 Å². The van der Waals surface area contributed by atoms with E-state index < -0.39 is 5.82 Å². The molecule has 30 heavy (non-hydrogen) atoms. The molecular formula is C23H23FN4O2. The molecular weight excluding hydrogens is 383 g/mol. The number of para-hydroxylation sites is 1. The molecule has 0 spiro atoms. The van der Waals surface area contributed by atoms with Crippen molar-refractivity contribution < 1.29 is 13.9 Å². The zero-order chi connectivity index (χ0) is 20.9.